The first-order valence-electron chi connectivity index (χ1n) is 9.68. The molecule has 2 aromatic heterocycles. The van der Waals surface area contributed by atoms with Crippen LogP contribution in [-0.2, 0) is 25.2 Å². The zero-order chi connectivity index (χ0) is 23.9. The van der Waals surface area contributed by atoms with Crippen LogP contribution in [-0.4, -0.2) is 84.8 Å². The smallest absolute Gasteiger partial charge is 0.308 e. The highest BCUT2D eigenvalue weighted by atomic mass is 32.2. The van der Waals surface area contributed by atoms with Crippen LogP contribution in [0.1, 0.15) is 22.8 Å². The third-order valence-electron chi connectivity index (χ3n) is 3.35. The molecule has 1 saturated heterocycles. The quantitative estimate of drug-likeness (QED) is 0.666. The SMILES string of the molecule is C1CCOC1.CN(C)S(=O)(=O)n1ccnc1.[2H]C([2H])([2H])c1nccn1S(=O)(=O)N(C)C. The highest BCUT2D eigenvalue weighted by molar-refractivity contribution is 7.87. The van der Waals surface area contributed by atoms with E-state index in [0.29, 0.717) is 3.97 Å². The number of hydrogen-bond acceptors (Lipinski definition) is 7. The minimum Gasteiger partial charge on any atom is -0.381 e. The van der Waals surface area contributed by atoms with Gasteiger partial charge in [-0.15, -0.1) is 0 Å². The fourth-order valence-electron chi connectivity index (χ4n) is 1.74. The van der Waals surface area contributed by atoms with Gasteiger partial charge in [-0.1, -0.05) is 0 Å². The van der Waals surface area contributed by atoms with E-state index in [1.807, 2.05) is 0 Å². The fourth-order valence-corrected chi connectivity index (χ4v) is 3.32. The van der Waals surface area contributed by atoms with E-state index >= 15 is 0 Å². The summed E-state index contributed by atoms with van der Waals surface area (Å²) < 4.78 is 75.8. The molecule has 13 heteroatoms. The van der Waals surface area contributed by atoms with Crippen LogP contribution in [0.4, 0.5) is 0 Å². The minimum atomic E-state index is -3.82. The van der Waals surface area contributed by atoms with Crippen molar-refractivity contribution >= 4 is 20.4 Å². The Labute approximate surface area is 171 Å². The van der Waals surface area contributed by atoms with Gasteiger partial charge in [0, 0.05) is 70.3 Å². The summed E-state index contributed by atoms with van der Waals surface area (Å²) in [5.74, 6) is -0.462. The number of aromatic nitrogens is 4. The molecule has 3 heterocycles. The van der Waals surface area contributed by atoms with Crippen molar-refractivity contribution in [2.75, 3.05) is 41.4 Å². The zero-order valence-electron chi connectivity index (χ0n) is 19.3. The summed E-state index contributed by atoms with van der Waals surface area (Å²) in [6, 6.07) is 0. The van der Waals surface area contributed by atoms with Crippen LogP contribution in [0.3, 0.4) is 0 Å². The first-order chi connectivity index (χ1) is 14.2. The average Bonchev–Trinajstić information content (AvgIpc) is 3.46. The van der Waals surface area contributed by atoms with E-state index in [2.05, 4.69) is 9.97 Å². The van der Waals surface area contributed by atoms with E-state index < -0.39 is 33.1 Å². The molecule has 0 unspecified atom stereocenters. The summed E-state index contributed by atoms with van der Waals surface area (Å²) in [6.07, 6.45) is 8.85. The van der Waals surface area contributed by atoms with E-state index in [4.69, 9.17) is 8.85 Å². The molecule has 0 aromatic carbocycles. The summed E-state index contributed by atoms with van der Waals surface area (Å²) in [7, 11) is -1.59. The van der Waals surface area contributed by atoms with Crippen molar-refractivity contribution in [2.45, 2.75) is 19.7 Å². The van der Waals surface area contributed by atoms with Crippen LogP contribution < -0.4 is 0 Å². The van der Waals surface area contributed by atoms with E-state index in [1.165, 1.54) is 59.8 Å². The lowest BCUT2D eigenvalue weighted by molar-refractivity contribution is 0.198. The molecule has 0 saturated carbocycles. The Hall–Kier alpha value is -1.80. The molecule has 160 valence electrons. The van der Waals surface area contributed by atoms with Crippen molar-refractivity contribution in [3.63, 3.8) is 0 Å². The molecule has 0 N–H and O–H groups in total. The predicted octanol–water partition coefficient (Wildman–Crippen LogP) is 0.180. The lowest BCUT2D eigenvalue weighted by atomic mass is 10.4. The van der Waals surface area contributed by atoms with Gasteiger partial charge in [-0.05, 0) is 19.7 Å². The lowest BCUT2D eigenvalue weighted by Crippen LogP contribution is -2.29. The largest absolute Gasteiger partial charge is 0.381 e. The number of ether oxygens (including phenoxy) is 1. The van der Waals surface area contributed by atoms with Gasteiger partial charge in [0.05, 0.1) is 0 Å². The predicted molar refractivity (Wildman–Crippen MR) is 105 cm³/mol. The molecule has 0 radical (unpaired) electrons. The maximum absolute atomic E-state index is 11.7. The Morgan fingerprint density at radius 3 is 2.00 bits per heavy atom. The van der Waals surface area contributed by atoms with Crippen molar-refractivity contribution in [3.8, 4) is 0 Å². The van der Waals surface area contributed by atoms with Crippen molar-refractivity contribution in [1.82, 2.24) is 26.5 Å². The fraction of sp³-hybridized carbons (Fsp3) is 0.600. The molecule has 1 aliphatic rings. The van der Waals surface area contributed by atoms with E-state index in [-0.39, 0.29) is 0 Å². The van der Waals surface area contributed by atoms with Gasteiger partial charge in [0.15, 0.2) is 0 Å². The second-order valence-electron chi connectivity index (χ2n) is 5.84. The van der Waals surface area contributed by atoms with Crippen LogP contribution in [0, 0.1) is 6.85 Å². The lowest BCUT2D eigenvalue weighted by Gasteiger charge is -2.12. The molecule has 3 rings (SSSR count). The van der Waals surface area contributed by atoms with Crippen LogP contribution in [0.15, 0.2) is 31.1 Å². The van der Waals surface area contributed by atoms with Gasteiger partial charge in [0.1, 0.15) is 12.2 Å². The number of aryl methyl sites for hydroxylation is 1. The van der Waals surface area contributed by atoms with Gasteiger partial charge >= 0.3 is 20.4 Å². The van der Waals surface area contributed by atoms with E-state index in [0.717, 1.165) is 38.2 Å². The standard InChI is InChI=1S/C6H11N3O2S.C5H9N3O2S.C4H8O/c1-6-7-4-5-9(6)12(10,11)8(2)3;1-7(2)11(9,10)8-4-3-6-5-8;1-2-4-5-3-1/h4-5H,1-3H3;3-5H,1-2H3;1-4H2/i1D3;;. The summed E-state index contributed by atoms with van der Waals surface area (Å²) in [5.41, 5.74) is 0. The summed E-state index contributed by atoms with van der Waals surface area (Å²) >= 11 is 0. The highest BCUT2D eigenvalue weighted by Crippen LogP contribution is 2.03. The molecule has 0 spiro atoms. The van der Waals surface area contributed by atoms with E-state index in [9.17, 15) is 16.8 Å². The van der Waals surface area contributed by atoms with E-state index in [1.54, 1.807) is 0 Å². The van der Waals surface area contributed by atoms with Crippen molar-refractivity contribution in [3.05, 3.63) is 36.9 Å². The van der Waals surface area contributed by atoms with Gasteiger partial charge in [-0.25, -0.2) is 17.9 Å². The number of imidazole rings is 2. The van der Waals surface area contributed by atoms with Gasteiger partial charge < -0.3 is 4.74 Å². The third-order valence-corrected chi connectivity index (χ3v) is 6.74. The maximum atomic E-state index is 11.7. The summed E-state index contributed by atoms with van der Waals surface area (Å²) in [4.78, 5) is 7.16. The number of hydrogen-bond donors (Lipinski definition) is 0. The Bertz CT molecular complexity index is 991. The first-order valence-corrected chi connectivity index (χ1v) is 11.0. The van der Waals surface area contributed by atoms with Gasteiger partial charge in [0.25, 0.3) is 0 Å². The van der Waals surface area contributed by atoms with Crippen LogP contribution in [0.5, 0.6) is 0 Å². The highest BCUT2D eigenvalue weighted by Gasteiger charge is 2.17. The maximum Gasteiger partial charge on any atom is 0.308 e. The van der Waals surface area contributed by atoms with Gasteiger partial charge in [-0.3, -0.25) is 0 Å². The zero-order valence-corrected chi connectivity index (χ0v) is 17.9. The monoisotopic (exact) mass is 439 g/mol. The molecule has 0 amide bonds. The third kappa shape index (κ3) is 6.67. The first kappa shape index (κ1) is 19.5. The molecular weight excluding hydrogens is 408 g/mol. The number of nitrogens with zero attached hydrogens (tertiary/aromatic N) is 6. The summed E-state index contributed by atoms with van der Waals surface area (Å²) in [6.45, 7) is -0.549. The number of rotatable bonds is 4. The van der Waals surface area contributed by atoms with Crippen LogP contribution in [0.2, 0.25) is 0 Å². The van der Waals surface area contributed by atoms with Crippen molar-refractivity contribution in [1.29, 1.82) is 0 Å². The molecule has 28 heavy (non-hydrogen) atoms. The molecule has 0 bridgehead atoms. The Balaban J connectivity index is 0.000000260. The Morgan fingerprint density at radius 2 is 1.61 bits per heavy atom. The van der Waals surface area contributed by atoms with Gasteiger partial charge in [-0.2, -0.15) is 25.4 Å². The second-order valence-corrected chi connectivity index (χ2v) is 9.91. The molecule has 0 atom stereocenters. The average molecular weight is 440 g/mol. The molecular formula is C15H28N6O5S2. The molecule has 2 aromatic rings. The molecule has 1 aliphatic heterocycles. The minimum absolute atomic E-state index is 0.462. The van der Waals surface area contributed by atoms with Crippen LogP contribution in [0.25, 0.3) is 0 Å². The summed E-state index contributed by atoms with van der Waals surface area (Å²) in [5, 5.41) is 0. The normalized spacial score (nSPS) is 16.4. The second kappa shape index (κ2) is 10.7. The molecule has 1 fully saturated rings. The van der Waals surface area contributed by atoms with Gasteiger partial charge in [0.2, 0.25) is 0 Å². The van der Waals surface area contributed by atoms with Crippen molar-refractivity contribution in [2.24, 2.45) is 0 Å². The van der Waals surface area contributed by atoms with Crippen LogP contribution >= 0.6 is 0 Å². The Kier molecular flexibility index (Phi) is 7.43. The Morgan fingerprint density at radius 1 is 1.00 bits per heavy atom. The molecule has 11 nitrogen and oxygen atoms in total. The topological polar surface area (TPSA) is 120 Å². The van der Waals surface area contributed by atoms with Crippen molar-refractivity contribution < 1.29 is 25.7 Å². The molecule has 0 aliphatic carbocycles.